The number of benzene rings is 1. The van der Waals surface area contributed by atoms with Gasteiger partial charge in [0.2, 0.25) is 0 Å². The van der Waals surface area contributed by atoms with Crippen molar-refractivity contribution in [1.82, 2.24) is 4.90 Å². The zero-order chi connectivity index (χ0) is 14.4. The molecule has 1 heterocycles. The molecule has 1 atom stereocenters. The largest absolute Gasteiger partial charge is 0.369 e. The number of carbonyl (C=O) groups is 1. The average Bonchev–Trinajstić information content (AvgIpc) is 2.53. The van der Waals surface area contributed by atoms with Gasteiger partial charge in [0.1, 0.15) is 0 Å². The molecule has 0 aliphatic carbocycles. The van der Waals surface area contributed by atoms with Gasteiger partial charge in [-0.15, -0.1) is 0 Å². The van der Waals surface area contributed by atoms with E-state index in [9.17, 15) is 9.90 Å². The van der Waals surface area contributed by atoms with Crippen molar-refractivity contribution >= 4 is 5.91 Å². The molecule has 1 aliphatic heterocycles. The third kappa shape index (κ3) is 2.52. The Kier molecular flexibility index (Phi) is 3.43. The number of aliphatic hydroxyl groups is 1. The normalized spacial score (nSPS) is 19.2. The van der Waals surface area contributed by atoms with Crippen molar-refractivity contribution in [2.24, 2.45) is 5.92 Å². The van der Waals surface area contributed by atoms with Crippen LogP contribution in [0.15, 0.2) is 18.2 Å². The molecular formula is C16H23NO2. The predicted molar refractivity (Wildman–Crippen MR) is 76.0 cm³/mol. The van der Waals surface area contributed by atoms with Crippen molar-refractivity contribution in [3.63, 3.8) is 0 Å². The monoisotopic (exact) mass is 261 g/mol. The van der Waals surface area contributed by atoms with Crippen LogP contribution in [0.4, 0.5) is 0 Å². The minimum atomic E-state index is -0.799. The zero-order valence-electron chi connectivity index (χ0n) is 12.4. The first kappa shape index (κ1) is 14.1. The number of hydrogen-bond acceptors (Lipinski definition) is 2. The molecule has 0 spiro atoms. The number of hydrogen-bond donors (Lipinski definition) is 1. The molecule has 0 saturated heterocycles. The Morgan fingerprint density at radius 1 is 1.32 bits per heavy atom. The van der Waals surface area contributed by atoms with Crippen molar-refractivity contribution in [2.45, 2.75) is 46.3 Å². The van der Waals surface area contributed by atoms with E-state index in [0.717, 1.165) is 11.1 Å². The van der Waals surface area contributed by atoms with Gasteiger partial charge in [-0.25, -0.2) is 0 Å². The summed E-state index contributed by atoms with van der Waals surface area (Å²) >= 11 is 0. The predicted octanol–water partition coefficient (Wildman–Crippen LogP) is 3.09. The van der Waals surface area contributed by atoms with E-state index < -0.39 is 6.23 Å². The summed E-state index contributed by atoms with van der Waals surface area (Å²) in [5.41, 5.74) is 2.55. The average molecular weight is 261 g/mol. The lowest BCUT2D eigenvalue weighted by atomic mass is 9.85. The van der Waals surface area contributed by atoms with Crippen LogP contribution in [0.1, 0.15) is 62.3 Å². The smallest absolute Gasteiger partial charge is 0.256 e. The molecule has 1 aromatic rings. The van der Waals surface area contributed by atoms with Gasteiger partial charge in [-0.05, 0) is 29.0 Å². The van der Waals surface area contributed by atoms with E-state index in [2.05, 4.69) is 20.8 Å². The quantitative estimate of drug-likeness (QED) is 0.888. The molecule has 3 nitrogen and oxygen atoms in total. The lowest BCUT2D eigenvalue weighted by Crippen LogP contribution is -2.31. The highest BCUT2D eigenvalue weighted by atomic mass is 16.3. The van der Waals surface area contributed by atoms with E-state index in [-0.39, 0.29) is 11.3 Å². The van der Waals surface area contributed by atoms with Crippen LogP contribution in [-0.2, 0) is 5.41 Å². The van der Waals surface area contributed by atoms with Gasteiger partial charge in [0, 0.05) is 17.7 Å². The molecule has 0 saturated carbocycles. The van der Waals surface area contributed by atoms with Crippen LogP contribution in [0.2, 0.25) is 0 Å². The Labute approximate surface area is 115 Å². The SMILES string of the molecule is CC(C)CN1C(=O)c2ccc(C(C)(C)C)cc2C1O. The first-order chi connectivity index (χ1) is 8.71. The molecule has 1 amide bonds. The summed E-state index contributed by atoms with van der Waals surface area (Å²) in [4.78, 5) is 13.8. The topological polar surface area (TPSA) is 40.5 Å². The molecule has 19 heavy (non-hydrogen) atoms. The molecule has 0 aromatic heterocycles. The number of rotatable bonds is 2. The van der Waals surface area contributed by atoms with Crippen molar-refractivity contribution in [3.8, 4) is 0 Å². The maximum Gasteiger partial charge on any atom is 0.256 e. The molecular weight excluding hydrogens is 238 g/mol. The summed E-state index contributed by atoms with van der Waals surface area (Å²) in [6.45, 7) is 11.1. The Bertz CT molecular complexity index is 500. The van der Waals surface area contributed by atoms with E-state index in [4.69, 9.17) is 0 Å². The van der Waals surface area contributed by atoms with Crippen LogP contribution in [0.5, 0.6) is 0 Å². The van der Waals surface area contributed by atoms with Crippen molar-refractivity contribution < 1.29 is 9.90 Å². The lowest BCUT2D eigenvalue weighted by Gasteiger charge is -2.23. The first-order valence-electron chi connectivity index (χ1n) is 6.85. The zero-order valence-corrected chi connectivity index (χ0v) is 12.4. The second-order valence-corrected chi connectivity index (χ2v) is 6.78. The van der Waals surface area contributed by atoms with Crippen LogP contribution >= 0.6 is 0 Å². The molecule has 1 unspecified atom stereocenters. The first-order valence-corrected chi connectivity index (χ1v) is 6.85. The van der Waals surface area contributed by atoms with Crippen molar-refractivity contribution in [2.75, 3.05) is 6.54 Å². The van der Waals surface area contributed by atoms with Gasteiger partial charge in [-0.1, -0.05) is 40.7 Å². The third-order valence-corrected chi connectivity index (χ3v) is 3.54. The van der Waals surface area contributed by atoms with E-state index in [1.807, 2.05) is 32.0 Å². The van der Waals surface area contributed by atoms with Crippen molar-refractivity contribution in [3.05, 3.63) is 34.9 Å². The van der Waals surface area contributed by atoms with E-state index >= 15 is 0 Å². The fraction of sp³-hybridized carbons (Fsp3) is 0.562. The van der Waals surface area contributed by atoms with Crippen molar-refractivity contribution in [1.29, 1.82) is 0 Å². The second-order valence-electron chi connectivity index (χ2n) is 6.78. The summed E-state index contributed by atoms with van der Waals surface area (Å²) in [7, 11) is 0. The summed E-state index contributed by atoms with van der Waals surface area (Å²) in [5, 5.41) is 10.4. The Morgan fingerprint density at radius 2 is 1.95 bits per heavy atom. The second kappa shape index (κ2) is 4.64. The number of carbonyl (C=O) groups excluding carboxylic acids is 1. The van der Waals surface area contributed by atoms with E-state index in [0.29, 0.717) is 18.0 Å². The summed E-state index contributed by atoms with van der Waals surface area (Å²) in [6.07, 6.45) is -0.799. The minimum absolute atomic E-state index is 0.0171. The van der Waals surface area contributed by atoms with Gasteiger partial charge in [0.05, 0.1) is 0 Å². The van der Waals surface area contributed by atoms with Gasteiger partial charge in [0.25, 0.3) is 5.91 Å². The molecule has 3 heteroatoms. The molecule has 1 N–H and O–H groups in total. The van der Waals surface area contributed by atoms with Gasteiger partial charge < -0.3 is 10.0 Å². The maximum atomic E-state index is 12.3. The lowest BCUT2D eigenvalue weighted by molar-refractivity contribution is 0.0126. The maximum absolute atomic E-state index is 12.3. The third-order valence-electron chi connectivity index (χ3n) is 3.54. The Morgan fingerprint density at radius 3 is 2.47 bits per heavy atom. The summed E-state index contributed by atoms with van der Waals surface area (Å²) in [5.74, 6) is 0.284. The molecule has 1 aliphatic rings. The van der Waals surface area contributed by atoms with Crippen LogP contribution in [0.25, 0.3) is 0 Å². The van der Waals surface area contributed by atoms with Crippen LogP contribution in [-0.4, -0.2) is 22.5 Å². The Balaban J connectivity index is 2.40. The molecule has 0 bridgehead atoms. The molecule has 1 aromatic carbocycles. The molecule has 104 valence electrons. The van der Waals surface area contributed by atoms with Gasteiger partial charge in [0.15, 0.2) is 6.23 Å². The fourth-order valence-corrected chi connectivity index (χ4v) is 2.45. The summed E-state index contributed by atoms with van der Waals surface area (Å²) in [6, 6.07) is 5.81. The minimum Gasteiger partial charge on any atom is -0.369 e. The number of nitrogens with zero attached hydrogens (tertiary/aromatic N) is 1. The standard InChI is InChI=1S/C16H23NO2/c1-10(2)9-17-14(18)12-7-6-11(16(3,4)5)8-13(12)15(17)19/h6-8,10,15,19H,9H2,1-5H3. The molecule has 0 fully saturated rings. The highest BCUT2D eigenvalue weighted by Gasteiger charge is 2.36. The number of aliphatic hydroxyl groups excluding tert-OH is 1. The van der Waals surface area contributed by atoms with Crippen LogP contribution in [0, 0.1) is 5.92 Å². The van der Waals surface area contributed by atoms with Gasteiger partial charge >= 0.3 is 0 Å². The highest BCUT2D eigenvalue weighted by molar-refractivity contribution is 5.99. The number of amides is 1. The van der Waals surface area contributed by atoms with Crippen LogP contribution in [0.3, 0.4) is 0 Å². The fourth-order valence-electron chi connectivity index (χ4n) is 2.45. The van der Waals surface area contributed by atoms with Crippen LogP contribution < -0.4 is 0 Å². The van der Waals surface area contributed by atoms with Gasteiger partial charge in [-0.2, -0.15) is 0 Å². The highest BCUT2D eigenvalue weighted by Crippen LogP contribution is 2.35. The molecule has 0 radical (unpaired) electrons. The summed E-state index contributed by atoms with van der Waals surface area (Å²) < 4.78 is 0. The van der Waals surface area contributed by atoms with E-state index in [1.54, 1.807) is 4.90 Å². The number of fused-ring (bicyclic) bond motifs is 1. The Hall–Kier alpha value is -1.35. The van der Waals surface area contributed by atoms with E-state index in [1.165, 1.54) is 0 Å². The van der Waals surface area contributed by atoms with Gasteiger partial charge in [-0.3, -0.25) is 4.79 Å². The molecule has 2 rings (SSSR count).